The second kappa shape index (κ2) is 7.12. The Kier molecular flexibility index (Phi) is 4.93. The smallest absolute Gasteiger partial charge is 0.243 e. The SMILES string of the molecule is CN(CC(=O)Nc1c(Cl)cccc1Cl)c1ccc2ccccc2c1. The molecule has 0 aliphatic carbocycles. The van der Waals surface area contributed by atoms with Gasteiger partial charge in [0.25, 0.3) is 0 Å². The molecule has 3 rings (SSSR count). The Morgan fingerprint density at radius 1 is 0.958 bits per heavy atom. The maximum Gasteiger partial charge on any atom is 0.243 e. The molecule has 0 bridgehead atoms. The number of nitrogens with one attached hydrogen (secondary N) is 1. The number of likely N-dealkylation sites (N-methyl/N-ethyl adjacent to an activating group) is 1. The van der Waals surface area contributed by atoms with Crippen LogP contribution in [0.4, 0.5) is 11.4 Å². The van der Waals surface area contributed by atoms with E-state index in [4.69, 9.17) is 23.2 Å². The van der Waals surface area contributed by atoms with Crippen molar-refractivity contribution in [2.75, 3.05) is 23.8 Å². The van der Waals surface area contributed by atoms with Crippen LogP contribution in [0.25, 0.3) is 10.8 Å². The van der Waals surface area contributed by atoms with Crippen LogP contribution in [0.2, 0.25) is 10.0 Å². The van der Waals surface area contributed by atoms with Gasteiger partial charge in [-0.2, -0.15) is 0 Å². The number of benzene rings is 3. The fraction of sp³-hybridized carbons (Fsp3) is 0.105. The van der Waals surface area contributed by atoms with Gasteiger partial charge in [-0.25, -0.2) is 0 Å². The molecule has 3 nitrogen and oxygen atoms in total. The standard InChI is InChI=1S/C19H16Cl2N2O/c1-23(15-10-9-13-5-2-3-6-14(13)11-15)12-18(24)22-19-16(20)7-4-8-17(19)21/h2-11H,12H2,1H3,(H,22,24). The highest BCUT2D eigenvalue weighted by atomic mass is 35.5. The molecule has 3 aromatic rings. The number of carbonyl (C=O) groups excluding carboxylic acids is 1. The summed E-state index contributed by atoms with van der Waals surface area (Å²) in [5.41, 5.74) is 1.41. The lowest BCUT2D eigenvalue weighted by Gasteiger charge is -2.20. The van der Waals surface area contributed by atoms with E-state index in [9.17, 15) is 4.79 Å². The third-order valence-corrected chi connectivity index (χ3v) is 4.41. The number of rotatable bonds is 4. The van der Waals surface area contributed by atoms with Crippen molar-refractivity contribution in [3.05, 3.63) is 70.7 Å². The molecule has 24 heavy (non-hydrogen) atoms. The molecule has 0 radical (unpaired) electrons. The Hall–Kier alpha value is -2.23. The highest BCUT2D eigenvalue weighted by molar-refractivity contribution is 6.39. The zero-order valence-corrected chi connectivity index (χ0v) is 14.6. The summed E-state index contributed by atoms with van der Waals surface area (Å²) in [6.07, 6.45) is 0. The van der Waals surface area contributed by atoms with Gasteiger partial charge in [-0.3, -0.25) is 4.79 Å². The maximum absolute atomic E-state index is 12.3. The zero-order chi connectivity index (χ0) is 17.1. The summed E-state index contributed by atoms with van der Waals surface area (Å²) < 4.78 is 0. The molecule has 0 aliphatic rings. The van der Waals surface area contributed by atoms with Crippen LogP contribution in [-0.2, 0) is 4.79 Å². The molecule has 1 N–H and O–H groups in total. The van der Waals surface area contributed by atoms with Crippen molar-refractivity contribution in [2.45, 2.75) is 0 Å². The fourth-order valence-electron chi connectivity index (χ4n) is 2.52. The summed E-state index contributed by atoms with van der Waals surface area (Å²) in [5.74, 6) is -0.180. The van der Waals surface area contributed by atoms with Crippen LogP contribution in [0.15, 0.2) is 60.7 Å². The average molecular weight is 359 g/mol. The first-order chi connectivity index (χ1) is 11.5. The number of halogens is 2. The van der Waals surface area contributed by atoms with Crippen molar-refractivity contribution >= 4 is 51.3 Å². The van der Waals surface area contributed by atoms with Crippen molar-refractivity contribution in [3.8, 4) is 0 Å². The topological polar surface area (TPSA) is 32.3 Å². The van der Waals surface area contributed by atoms with E-state index in [2.05, 4.69) is 23.5 Å². The molecule has 3 aromatic carbocycles. The predicted octanol–water partition coefficient (Wildman–Crippen LogP) is 5.22. The predicted molar refractivity (Wildman–Crippen MR) is 102 cm³/mol. The number of hydrogen-bond acceptors (Lipinski definition) is 2. The number of fused-ring (bicyclic) bond motifs is 1. The van der Waals surface area contributed by atoms with E-state index in [0.717, 1.165) is 11.1 Å². The minimum atomic E-state index is -0.180. The molecule has 0 spiro atoms. The summed E-state index contributed by atoms with van der Waals surface area (Å²) >= 11 is 12.2. The summed E-state index contributed by atoms with van der Waals surface area (Å²) in [6.45, 7) is 0.194. The molecule has 0 heterocycles. The molecular formula is C19H16Cl2N2O. The highest BCUT2D eigenvalue weighted by Crippen LogP contribution is 2.29. The highest BCUT2D eigenvalue weighted by Gasteiger charge is 2.12. The number of hydrogen-bond donors (Lipinski definition) is 1. The third kappa shape index (κ3) is 3.64. The molecule has 0 unspecified atom stereocenters. The molecule has 0 saturated carbocycles. The number of para-hydroxylation sites is 1. The number of carbonyl (C=O) groups is 1. The van der Waals surface area contributed by atoms with Crippen LogP contribution in [-0.4, -0.2) is 19.5 Å². The number of anilines is 2. The van der Waals surface area contributed by atoms with Crippen LogP contribution in [0, 0.1) is 0 Å². The third-order valence-electron chi connectivity index (χ3n) is 3.78. The van der Waals surface area contributed by atoms with Crippen molar-refractivity contribution in [1.29, 1.82) is 0 Å². The summed E-state index contributed by atoms with van der Waals surface area (Å²) in [5, 5.41) is 5.92. The van der Waals surface area contributed by atoms with E-state index < -0.39 is 0 Å². The first-order valence-electron chi connectivity index (χ1n) is 7.48. The lowest BCUT2D eigenvalue weighted by Crippen LogP contribution is -2.30. The van der Waals surface area contributed by atoms with E-state index >= 15 is 0 Å². The molecule has 0 aromatic heterocycles. The molecular weight excluding hydrogens is 343 g/mol. The van der Waals surface area contributed by atoms with Crippen molar-refractivity contribution in [1.82, 2.24) is 0 Å². The largest absolute Gasteiger partial charge is 0.365 e. The molecule has 1 amide bonds. The molecule has 0 aliphatic heterocycles. The van der Waals surface area contributed by atoms with Gasteiger partial charge < -0.3 is 10.2 Å². The minimum Gasteiger partial charge on any atom is -0.365 e. The van der Waals surface area contributed by atoms with E-state index in [-0.39, 0.29) is 12.5 Å². The monoisotopic (exact) mass is 358 g/mol. The molecule has 0 fully saturated rings. The fourth-order valence-corrected chi connectivity index (χ4v) is 3.01. The second-order valence-electron chi connectivity index (χ2n) is 5.53. The Balaban J connectivity index is 1.73. The van der Waals surface area contributed by atoms with Crippen LogP contribution < -0.4 is 10.2 Å². The molecule has 0 saturated heterocycles. The van der Waals surface area contributed by atoms with Crippen LogP contribution in [0.5, 0.6) is 0 Å². The van der Waals surface area contributed by atoms with Crippen molar-refractivity contribution < 1.29 is 4.79 Å². The lowest BCUT2D eigenvalue weighted by molar-refractivity contribution is -0.114. The van der Waals surface area contributed by atoms with E-state index in [1.54, 1.807) is 18.2 Å². The lowest BCUT2D eigenvalue weighted by atomic mass is 10.1. The van der Waals surface area contributed by atoms with Gasteiger partial charge in [-0.1, -0.05) is 59.6 Å². The van der Waals surface area contributed by atoms with Crippen molar-refractivity contribution in [3.63, 3.8) is 0 Å². The average Bonchev–Trinajstić information content (AvgIpc) is 2.58. The molecule has 122 valence electrons. The van der Waals surface area contributed by atoms with E-state index in [1.165, 1.54) is 5.39 Å². The van der Waals surface area contributed by atoms with Crippen LogP contribution in [0.1, 0.15) is 0 Å². The Labute approximate surface area is 150 Å². The van der Waals surface area contributed by atoms with Gasteiger partial charge in [0.05, 0.1) is 22.3 Å². The van der Waals surface area contributed by atoms with Crippen molar-refractivity contribution in [2.24, 2.45) is 0 Å². The second-order valence-corrected chi connectivity index (χ2v) is 6.35. The van der Waals surface area contributed by atoms with Gasteiger partial charge in [-0.15, -0.1) is 0 Å². The van der Waals surface area contributed by atoms with Gasteiger partial charge >= 0.3 is 0 Å². The minimum absolute atomic E-state index is 0.180. The first kappa shape index (κ1) is 16.6. The first-order valence-corrected chi connectivity index (χ1v) is 8.24. The van der Waals surface area contributed by atoms with Gasteiger partial charge in [0, 0.05) is 12.7 Å². The van der Waals surface area contributed by atoms with Gasteiger partial charge in [0.15, 0.2) is 0 Å². The molecule has 0 atom stereocenters. The van der Waals surface area contributed by atoms with Gasteiger partial charge in [0.2, 0.25) is 5.91 Å². The van der Waals surface area contributed by atoms with Gasteiger partial charge in [0.1, 0.15) is 0 Å². The Morgan fingerprint density at radius 2 is 1.62 bits per heavy atom. The summed E-state index contributed by atoms with van der Waals surface area (Å²) in [6, 6.07) is 19.3. The molecule has 5 heteroatoms. The maximum atomic E-state index is 12.3. The Morgan fingerprint density at radius 3 is 2.33 bits per heavy atom. The number of nitrogens with zero attached hydrogens (tertiary/aromatic N) is 1. The van der Waals surface area contributed by atoms with Crippen LogP contribution >= 0.6 is 23.2 Å². The van der Waals surface area contributed by atoms with Crippen LogP contribution in [0.3, 0.4) is 0 Å². The van der Waals surface area contributed by atoms with E-state index in [1.807, 2.05) is 36.2 Å². The van der Waals surface area contributed by atoms with Gasteiger partial charge in [-0.05, 0) is 35.0 Å². The zero-order valence-electron chi connectivity index (χ0n) is 13.1. The van der Waals surface area contributed by atoms with E-state index in [0.29, 0.717) is 15.7 Å². The quantitative estimate of drug-likeness (QED) is 0.693. The number of amides is 1. The normalized spacial score (nSPS) is 10.6. The summed E-state index contributed by atoms with van der Waals surface area (Å²) in [4.78, 5) is 14.2. The summed E-state index contributed by atoms with van der Waals surface area (Å²) in [7, 11) is 1.87. The Bertz CT molecular complexity index is 875.